The molecule has 1 atom stereocenters. The summed E-state index contributed by atoms with van der Waals surface area (Å²) in [6.45, 7) is 1.13. The maximum atomic E-state index is 12.2. The number of hydrogen-bond acceptors (Lipinski definition) is 3. The van der Waals surface area contributed by atoms with Crippen LogP contribution in [0.2, 0.25) is 0 Å². The van der Waals surface area contributed by atoms with E-state index in [1.165, 1.54) is 12.5 Å². The average molecular weight is 312 g/mol. The fraction of sp³-hybridized carbons (Fsp3) is 0.333. The largest absolute Gasteiger partial charge is 0.375 e. The lowest BCUT2D eigenvalue weighted by Gasteiger charge is -2.18. The summed E-state index contributed by atoms with van der Waals surface area (Å²) < 4.78 is 4.80. The summed E-state index contributed by atoms with van der Waals surface area (Å²) in [4.78, 5) is 25.6. The van der Waals surface area contributed by atoms with Gasteiger partial charge in [0.2, 0.25) is 11.8 Å². The summed E-state index contributed by atoms with van der Waals surface area (Å²) in [6, 6.07) is 14.1. The zero-order valence-corrected chi connectivity index (χ0v) is 13.1. The fourth-order valence-electron chi connectivity index (χ4n) is 3.06. The number of likely N-dealkylation sites (tertiary alicyclic amines) is 1. The van der Waals surface area contributed by atoms with E-state index in [9.17, 15) is 9.59 Å². The first-order chi connectivity index (χ1) is 11.2. The van der Waals surface area contributed by atoms with Crippen molar-refractivity contribution in [2.24, 2.45) is 0 Å². The van der Waals surface area contributed by atoms with Gasteiger partial charge in [0.1, 0.15) is 6.61 Å². The average Bonchev–Trinajstić information content (AvgIpc) is 2.87. The summed E-state index contributed by atoms with van der Waals surface area (Å²) in [5, 5.41) is 5.17. The number of amides is 2. The number of hydrogen-bond donors (Lipinski definition) is 1. The third kappa shape index (κ3) is 3.51. The number of rotatable bonds is 5. The molecule has 1 aliphatic rings. The van der Waals surface area contributed by atoms with Gasteiger partial charge in [-0.3, -0.25) is 9.59 Å². The Bertz CT molecular complexity index is 724. The minimum Gasteiger partial charge on any atom is -0.375 e. The van der Waals surface area contributed by atoms with Gasteiger partial charge in [0.05, 0.1) is 6.04 Å². The molecule has 1 aliphatic heterocycles. The molecule has 0 saturated carbocycles. The molecule has 120 valence electrons. The number of carbonyl (C=O) groups excluding carboxylic acids is 2. The SMILES string of the molecule is COCC(=O)N[C@@H]1CC(=O)N(Cc2cccc3ccccc23)C1. The maximum absolute atomic E-state index is 12.2. The molecule has 0 unspecified atom stereocenters. The zero-order chi connectivity index (χ0) is 16.2. The molecule has 2 amide bonds. The molecule has 5 nitrogen and oxygen atoms in total. The van der Waals surface area contributed by atoms with Crippen LogP contribution in [0.15, 0.2) is 42.5 Å². The van der Waals surface area contributed by atoms with Gasteiger partial charge in [-0.05, 0) is 16.3 Å². The molecule has 23 heavy (non-hydrogen) atoms. The van der Waals surface area contributed by atoms with Crippen LogP contribution in [-0.4, -0.2) is 43.0 Å². The van der Waals surface area contributed by atoms with E-state index in [-0.39, 0.29) is 24.5 Å². The number of nitrogens with zero attached hydrogens (tertiary/aromatic N) is 1. The quantitative estimate of drug-likeness (QED) is 0.914. The number of nitrogens with one attached hydrogen (secondary N) is 1. The van der Waals surface area contributed by atoms with Crippen molar-refractivity contribution in [3.63, 3.8) is 0 Å². The second-order valence-electron chi connectivity index (χ2n) is 5.81. The molecule has 1 fully saturated rings. The predicted molar refractivity (Wildman–Crippen MR) is 87.8 cm³/mol. The third-order valence-corrected chi connectivity index (χ3v) is 4.10. The van der Waals surface area contributed by atoms with E-state index >= 15 is 0 Å². The van der Waals surface area contributed by atoms with E-state index in [0.29, 0.717) is 19.5 Å². The van der Waals surface area contributed by atoms with Crippen molar-refractivity contribution in [3.05, 3.63) is 48.0 Å². The molecule has 0 aliphatic carbocycles. The maximum Gasteiger partial charge on any atom is 0.246 e. The van der Waals surface area contributed by atoms with Crippen molar-refractivity contribution < 1.29 is 14.3 Å². The van der Waals surface area contributed by atoms with Crippen LogP contribution in [0, 0.1) is 0 Å². The van der Waals surface area contributed by atoms with Crippen molar-refractivity contribution in [1.82, 2.24) is 10.2 Å². The first-order valence-corrected chi connectivity index (χ1v) is 7.70. The van der Waals surface area contributed by atoms with Crippen molar-refractivity contribution in [3.8, 4) is 0 Å². The van der Waals surface area contributed by atoms with E-state index in [2.05, 4.69) is 23.5 Å². The Morgan fingerprint density at radius 3 is 2.87 bits per heavy atom. The van der Waals surface area contributed by atoms with E-state index in [0.717, 1.165) is 10.9 Å². The molecule has 1 saturated heterocycles. The molecular weight excluding hydrogens is 292 g/mol. The van der Waals surface area contributed by atoms with Crippen LogP contribution in [0.1, 0.15) is 12.0 Å². The fourth-order valence-corrected chi connectivity index (χ4v) is 3.06. The molecule has 1 heterocycles. The Hall–Kier alpha value is -2.40. The number of methoxy groups -OCH3 is 1. The normalized spacial score (nSPS) is 17.7. The molecule has 0 spiro atoms. The molecule has 0 bridgehead atoms. The monoisotopic (exact) mass is 312 g/mol. The number of ether oxygens (including phenoxy) is 1. The van der Waals surface area contributed by atoms with Gasteiger partial charge in [0.15, 0.2) is 0 Å². The van der Waals surface area contributed by atoms with Crippen LogP contribution in [0.3, 0.4) is 0 Å². The standard InChI is InChI=1S/C18H20N2O3/c1-23-12-17(21)19-15-9-18(22)20(11-15)10-14-7-4-6-13-5-2-3-8-16(13)14/h2-8,15H,9-12H2,1H3,(H,19,21)/t15-/m1/s1. The van der Waals surface area contributed by atoms with Crippen molar-refractivity contribution in [2.45, 2.75) is 19.0 Å². The van der Waals surface area contributed by atoms with Crippen LogP contribution in [0.25, 0.3) is 10.8 Å². The number of benzene rings is 2. The molecule has 0 aromatic heterocycles. The van der Waals surface area contributed by atoms with Crippen molar-refractivity contribution in [2.75, 3.05) is 20.3 Å². The molecule has 0 radical (unpaired) electrons. The van der Waals surface area contributed by atoms with Gasteiger partial charge in [-0.25, -0.2) is 0 Å². The minimum atomic E-state index is -0.183. The minimum absolute atomic E-state index is 0.0218. The van der Waals surface area contributed by atoms with Gasteiger partial charge in [-0.1, -0.05) is 42.5 Å². The highest BCUT2D eigenvalue weighted by Crippen LogP contribution is 2.22. The van der Waals surface area contributed by atoms with Crippen molar-refractivity contribution >= 4 is 22.6 Å². The van der Waals surface area contributed by atoms with Gasteiger partial charge in [0, 0.05) is 26.6 Å². The molecule has 2 aromatic carbocycles. The first kappa shape index (κ1) is 15.5. The second kappa shape index (κ2) is 6.79. The van der Waals surface area contributed by atoms with Gasteiger partial charge >= 0.3 is 0 Å². The van der Waals surface area contributed by atoms with Gasteiger partial charge < -0.3 is 15.0 Å². The van der Waals surface area contributed by atoms with Crippen LogP contribution in [0.4, 0.5) is 0 Å². The van der Waals surface area contributed by atoms with E-state index in [4.69, 9.17) is 4.74 Å². The Balaban J connectivity index is 1.70. The van der Waals surface area contributed by atoms with Crippen molar-refractivity contribution in [1.29, 1.82) is 0 Å². The summed E-state index contributed by atoms with van der Waals surface area (Å²) in [5.74, 6) is -0.113. The molecular formula is C18H20N2O3. The lowest BCUT2D eigenvalue weighted by molar-refractivity contribution is -0.128. The highest BCUT2D eigenvalue weighted by atomic mass is 16.5. The lowest BCUT2D eigenvalue weighted by atomic mass is 10.0. The van der Waals surface area contributed by atoms with E-state index in [1.807, 2.05) is 24.3 Å². The van der Waals surface area contributed by atoms with Crippen LogP contribution < -0.4 is 5.32 Å². The predicted octanol–water partition coefficient (Wildman–Crippen LogP) is 1.70. The summed E-state index contributed by atoms with van der Waals surface area (Å²) >= 11 is 0. The molecule has 3 rings (SSSR count). The summed E-state index contributed by atoms with van der Waals surface area (Å²) in [6.07, 6.45) is 0.347. The molecule has 2 aromatic rings. The second-order valence-corrected chi connectivity index (χ2v) is 5.81. The highest BCUT2D eigenvalue weighted by Gasteiger charge is 2.30. The number of fused-ring (bicyclic) bond motifs is 1. The summed E-state index contributed by atoms with van der Waals surface area (Å²) in [5.41, 5.74) is 1.13. The molecule has 5 heteroatoms. The highest BCUT2D eigenvalue weighted by molar-refractivity contribution is 5.87. The Kier molecular flexibility index (Phi) is 4.57. The Labute approximate surface area is 135 Å². The van der Waals surface area contributed by atoms with Gasteiger partial charge in [0.25, 0.3) is 0 Å². The van der Waals surface area contributed by atoms with Crippen LogP contribution in [0.5, 0.6) is 0 Å². The van der Waals surface area contributed by atoms with Crippen LogP contribution >= 0.6 is 0 Å². The van der Waals surface area contributed by atoms with Crippen LogP contribution in [-0.2, 0) is 20.9 Å². The smallest absolute Gasteiger partial charge is 0.246 e. The summed E-state index contributed by atoms with van der Waals surface area (Å²) in [7, 11) is 1.48. The Morgan fingerprint density at radius 1 is 1.26 bits per heavy atom. The number of carbonyl (C=O) groups is 2. The van der Waals surface area contributed by atoms with E-state index < -0.39 is 0 Å². The zero-order valence-electron chi connectivity index (χ0n) is 13.1. The topological polar surface area (TPSA) is 58.6 Å². The van der Waals surface area contributed by atoms with E-state index in [1.54, 1.807) is 4.90 Å². The third-order valence-electron chi connectivity index (χ3n) is 4.10. The first-order valence-electron chi connectivity index (χ1n) is 7.70. The Morgan fingerprint density at radius 2 is 2.04 bits per heavy atom. The van der Waals surface area contributed by atoms with Gasteiger partial charge in [-0.15, -0.1) is 0 Å². The van der Waals surface area contributed by atoms with Gasteiger partial charge in [-0.2, -0.15) is 0 Å². The molecule has 1 N–H and O–H groups in total. The lowest BCUT2D eigenvalue weighted by Crippen LogP contribution is -2.38.